The van der Waals surface area contributed by atoms with Gasteiger partial charge in [-0.25, -0.2) is 0 Å². The van der Waals surface area contributed by atoms with Gasteiger partial charge >= 0.3 is 0 Å². The SMILES string of the molecule is COc1ccc(C(C)NC(=O)COc2cccc3cccnc23)cc1OC. The van der Waals surface area contributed by atoms with Crippen molar-refractivity contribution in [3.8, 4) is 17.2 Å². The molecule has 1 aromatic heterocycles. The zero-order valence-electron chi connectivity index (χ0n) is 15.6. The van der Waals surface area contributed by atoms with Crippen molar-refractivity contribution < 1.29 is 19.0 Å². The van der Waals surface area contributed by atoms with Gasteiger partial charge < -0.3 is 19.5 Å². The van der Waals surface area contributed by atoms with Crippen LogP contribution in [0.5, 0.6) is 17.2 Å². The molecule has 1 N–H and O–H groups in total. The number of nitrogens with zero attached hydrogens (tertiary/aromatic N) is 1. The third-order valence-electron chi connectivity index (χ3n) is 4.24. The van der Waals surface area contributed by atoms with Crippen LogP contribution in [0, 0.1) is 0 Å². The van der Waals surface area contributed by atoms with E-state index in [1.807, 2.05) is 49.4 Å². The second kappa shape index (κ2) is 8.40. The number of methoxy groups -OCH3 is 2. The van der Waals surface area contributed by atoms with Gasteiger partial charge in [-0.1, -0.05) is 24.3 Å². The van der Waals surface area contributed by atoms with Gasteiger partial charge in [0.15, 0.2) is 18.1 Å². The van der Waals surface area contributed by atoms with Crippen LogP contribution < -0.4 is 19.5 Å². The van der Waals surface area contributed by atoms with Gasteiger partial charge in [-0.3, -0.25) is 9.78 Å². The van der Waals surface area contributed by atoms with Crippen LogP contribution in [0.3, 0.4) is 0 Å². The molecule has 1 unspecified atom stereocenters. The van der Waals surface area contributed by atoms with Crippen molar-refractivity contribution in [3.05, 3.63) is 60.3 Å². The van der Waals surface area contributed by atoms with Crippen molar-refractivity contribution >= 4 is 16.8 Å². The van der Waals surface area contributed by atoms with Crippen LogP contribution in [0.1, 0.15) is 18.5 Å². The van der Waals surface area contributed by atoms with Crippen LogP contribution >= 0.6 is 0 Å². The van der Waals surface area contributed by atoms with Gasteiger partial charge in [0.1, 0.15) is 11.3 Å². The number of carbonyl (C=O) groups is 1. The summed E-state index contributed by atoms with van der Waals surface area (Å²) in [6, 6.07) is 14.8. The molecule has 0 saturated heterocycles. The Morgan fingerprint density at radius 1 is 1.04 bits per heavy atom. The third-order valence-corrected chi connectivity index (χ3v) is 4.24. The number of benzene rings is 2. The molecule has 6 nitrogen and oxygen atoms in total. The fraction of sp³-hybridized carbons (Fsp3) is 0.238. The summed E-state index contributed by atoms with van der Waals surface area (Å²) < 4.78 is 16.2. The second-order valence-electron chi connectivity index (χ2n) is 6.02. The molecule has 0 spiro atoms. The van der Waals surface area contributed by atoms with Gasteiger partial charge in [-0.2, -0.15) is 0 Å². The summed E-state index contributed by atoms with van der Waals surface area (Å²) in [6.45, 7) is 1.81. The molecule has 140 valence electrons. The van der Waals surface area contributed by atoms with E-state index >= 15 is 0 Å². The van der Waals surface area contributed by atoms with Crippen molar-refractivity contribution in [3.63, 3.8) is 0 Å². The summed E-state index contributed by atoms with van der Waals surface area (Å²) in [5, 5.41) is 3.89. The minimum atomic E-state index is -0.217. The van der Waals surface area contributed by atoms with Gasteiger partial charge in [-0.05, 0) is 36.8 Å². The largest absolute Gasteiger partial charge is 0.493 e. The molecule has 0 bridgehead atoms. The van der Waals surface area contributed by atoms with E-state index in [0.29, 0.717) is 17.2 Å². The molecular formula is C21H22N2O4. The summed E-state index contributed by atoms with van der Waals surface area (Å²) in [7, 11) is 3.17. The fourth-order valence-electron chi connectivity index (χ4n) is 2.82. The van der Waals surface area contributed by atoms with Gasteiger partial charge in [-0.15, -0.1) is 0 Å². The number of aromatic nitrogens is 1. The molecule has 1 atom stereocenters. The first-order chi connectivity index (χ1) is 13.1. The highest BCUT2D eigenvalue weighted by Gasteiger charge is 2.14. The Morgan fingerprint density at radius 3 is 2.59 bits per heavy atom. The normalized spacial score (nSPS) is 11.7. The summed E-state index contributed by atoms with van der Waals surface area (Å²) in [5.41, 5.74) is 1.65. The van der Waals surface area contributed by atoms with E-state index in [2.05, 4.69) is 10.3 Å². The van der Waals surface area contributed by atoms with Crippen LogP contribution in [0.4, 0.5) is 0 Å². The van der Waals surface area contributed by atoms with Crippen LogP contribution in [0.2, 0.25) is 0 Å². The Hall–Kier alpha value is -3.28. The van der Waals surface area contributed by atoms with Crippen molar-refractivity contribution in [1.29, 1.82) is 0 Å². The van der Waals surface area contributed by atoms with Crippen molar-refractivity contribution in [2.24, 2.45) is 0 Å². The highest BCUT2D eigenvalue weighted by atomic mass is 16.5. The minimum Gasteiger partial charge on any atom is -0.493 e. The number of fused-ring (bicyclic) bond motifs is 1. The first kappa shape index (κ1) is 18.5. The van der Waals surface area contributed by atoms with E-state index in [4.69, 9.17) is 14.2 Å². The average Bonchev–Trinajstić information content (AvgIpc) is 2.71. The Kier molecular flexibility index (Phi) is 5.76. The maximum atomic E-state index is 12.3. The maximum Gasteiger partial charge on any atom is 0.258 e. The summed E-state index contributed by atoms with van der Waals surface area (Å²) in [4.78, 5) is 16.6. The molecule has 1 amide bonds. The van der Waals surface area contributed by atoms with Gasteiger partial charge in [0.2, 0.25) is 0 Å². The minimum absolute atomic E-state index is 0.0900. The quantitative estimate of drug-likeness (QED) is 0.693. The topological polar surface area (TPSA) is 69.7 Å². The lowest BCUT2D eigenvalue weighted by Gasteiger charge is -2.17. The van der Waals surface area contributed by atoms with E-state index in [-0.39, 0.29) is 18.6 Å². The molecule has 3 rings (SSSR count). The molecule has 1 heterocycles. The van der Waals surface area contributed by atoms with Gasteiger partial charge in [0.05, 0.1) is 20.3 Å². The van der Waals surface area contributed by atoms with Crippen molar-refractivity contribution in [2.75, 3.05) is 20.8 Å². The van der Waals surface area contributed by atoms with E-state index in [1.54, 1.807) is 26.5 Å². The van der Waals surface area contributed by atoms with E-state index < -0.39 is 0 Å². The molecule has 2 aromatic carbocycles. The van der Waals surface area contributed by atoms with Crippen molar-refractivity contribution in [2.45, 2.75) is 13.0 Å². The highest BCUT2D eigenvalue weighted by molar-refractivity contribution is 5.85. The molecule has 27 heavy (non-hydrogen) atoms. The highest BCUT2D eigenvalue weighted by Crippen LogP contribution is 2.30. The smallest absolute Gasteiger partial charge is 0.258 e. The monoisotopic (exact) mass is 366 g/mol. The molecule has 0 saturated carbocycles. The zero-order chi connectivity index (χ0) is 19.2. The lowest BCUT2D eigenvalue weighted by atomic mass is 10.1. The number of carbonyl (C=O) groups excluding carboxylic acids is 1. The van der Waals surface area contributed by atoms with Crippen LogP contribution in [-0.4, -0.2) is 31.7 Å². The third kappa shape index (κ3) is 4.28. The predicted octanol–water partition coefficient (Wildman–Crippen LogP) is 3.51. The molecule has 0 aliphatic carbocycles. The standard InChI is InChI=1S/C21H22N2O4/c1-14(16-9-10-17(25-2)19(12-16)26-3)23-20(24)13-27-18-8-4-6-15-7-5-11-22-21(15)18/h4-12,14H,13H2,1-3H3,(H,23,24). The van der Waals surface area contributed by atoms with Crippen LogP contribution in [0.25, 0.3) is 10.9 Å². The number of para-hydroxylation sites is 1. The summed E-state index contributed by atoms with van der Waals surface area (Å²) in [5.74, 6) is 1.63. The Morgan fingerprint density at radius 2 is 1.81 bits per heavy atom. The predicted molar refractivity (Wildman–Crippen MR) is 103 cm³/mol. The van der Waals surface area contributed by atoms with E-state index in [1.165, 1.54) is 0 Å². The molecule has 0 aliphatic heterocycles. The molecule has 0 fully saturated rings. The van der Waals surface area contributed by atoms with E-state index in [0.717, 1.165) is 16.5 Å². The number of hydrogen-bond acceptors (Lipinski definition) is 5. The fourth-order valence-corrected chi connectivity index (χ4v) is 2.82. The zero-order valence-corrected chi connectivity index (χ0v) is 15.6. The second-order valence-corrected chi connectivity index (χ2v) is 6.02. The number of ether oxygens (including phenoxy) is 3. The van der Waals surface area contributed by atoms with Gasteiger partial charge in [0.25, 0.3) is 5.91 Å². The van der Waals surface area contributed by atoms with Gasteiger partial charge in [0, 0.05) is 11.6 Å². The summed E-state index contributed by atoms with van der Waals surface area (Å²) >= 11 is 0. The lowest BCUT2D eigenvalue weighted by Crippen LogP contribution is -2.31. The molecule has 3 aromatic rings. The maximum absolute atomic E-state index is 12.3. The Labute approximate surface area is 158 Å². The first-order valence-corrected chi connectivity index (χ1v) is 8.60. The molecule has 0 aliphatic rings. The van der Waals surface area contributed by atoms with Crippen molar-refractivity contribution in [1.82, 2.24) is 10.3 Å². The number of pyridine rings is 1. The first-order valence-electron chi connectivity index (χ1n) is 8.60. The number of nitrogens with one attached hydrogen (secondary N) is 1. The molecule has 6 heteroatoms. The number of hydrogen-bond donors (Lipinski definition) is 1. The average molecular weight is 366 g/mol. The lowest BCUT2D eigenvalue weighted by molar-refractivity contribution is -0.123. The Balaban J connectivity index is 1.63. The molecular weight excluding hydrogens is 344 g/mol. The van der Waals surface area contributed by atoms with Crippen LogP contribution in [0.15, 0.2) is 54.7 Å². The van der Waals surface area contributed by atoms with E-state index in [9.17, 15) is 4.79 Å². The summed E-state index contributed by atoms with van der Waals surface area (Å²) in [6.07, 6.45) is 1.70. The number of amides is 1. The number of rotatable bonds is 7. The van der Waals surface area contributed by atoms with Crippen LogP contribution in [-0.2, 0) is 4.79 Å². The Bertz CT molecular complexity index is 937. The molecule has 0 radical (unpaired) electrons.